The second-order valence-corrected chi connectivity index (χ2v) is 40.7. The first-order chi connectivity index (χ1) is 34.2. The zero-order valence-corrected chi connectivity index (χ0v) is 54.2. The van der Waals surface area contributed by atoms with Gasteiger partial charge in [0.2, 0.25) is 0 Å². The molecular formula is C70H86Ge2N2. The molecule has 0 atom stereocenters. The Bertz CT molecular complexity index is 3310. The molecule has 0 radical (unpaired) electrons. The van der Waals surface area contributed by atoms with Gasteiger partial charge in [0, 0.05) is 0 Å². The topological polar surface area (TPSA) is 36.1 Å². The minimum absolute atomic E-state index is 0.217. The van der Waals surface area contributed by atoms with E-state index in [9.17, 15) is 5.26 Å². The predicted octanol–water partition coefficient (Wildman–Crippen LogP) is 15.4. The third-order valence-electron chi connectivity index (χ3n) is 18.0. The van der Waals surface area contributed by atoms with Crippen LogP contribution in [0.2, 0.25) is 0 Å². The van der Waals surface area contributed by atoms with Gasteiger partial charge in [0.25, 0.3) is 0 Å². The van der Waals surface area contributed by atoms with Crippen molar-refractivity contribution in [1.29, 1.82) is 5.26 Å². The maximum absolute atomic E-state index is 12.5. The Morgan fingerprint density at radius 2 is 0.649 bits per heavy atom. The van der Waals surface area contributed by atoms with Crippen molar-refractivity contribution in [3.05, 3.63) is 195 Å². The van der Waals surface area contributed by atoms with Gasteiger partial charge in [-0.15, -0.1) is 0 Å². The molecule has 74 heavy (non-hydrogen) atoms. The fraction of sp³-hybridized carbons (Fsp3) is 0.400. The summed E-state index contributed by atoms with van der Waals surface area (Å²) < 4.78 is 16.8. The van der Waals surface area contributed by atoms with E-state index >= 15 is 0 Å². The number of nitriles is 1. The third-order valence-corrected chi connectivity index (χ3v) is 39.8. The van der Waals surface area contributed by atoms with E-state index in [1.165, 1.54) is 122 Å². The van der Waals surface area contributed by atoms with Crippen LogP contribution in [0.15, 0.2) is 98.9 Å². The van der Waals surface area contributed by atoms with E-state index in [1.54, 1.807) is 8.79 Å². The minimum atomic E-state index is -4.84. The SMILES string of the molecule is Cc1cc(C(C)(C)C)[c]([Ge]2([c]3c(C(C)(C)C)cc(C)c(C)c3C)[N]=C(C#N)C3=[C](c4ccccc4)[Ge]([c]4c(C(C)(C)C)cc(C)c(C)c4C)([c]4c(C(C)(C)C)cc(C)c(C)c4C)[C]3=[C]2c2ccccc2)c(C)c1C. The molecule has 2 aliphatic heterocycles. The molecule has 0 fully saturated rings. The fourth-order valence-corrected chi connectivity index (χ4v) is 43.9. The van der Waals surface area contributed by atoms with Crippen molar-refractivity contribution >= 4 is 58.9 Å². The summed E-state index contributed by atoms with van der Waals surface area (Å²) in [5, 5.41) is 12.5. The van der Waals surface area contributed by atoms with Crippen LogP contribution in [0.4, 0.5) is 0 Å². The van der Waals surface area contributed by atoms with Crippen LogP contribution in [0.3, 0.4) is 0 Å². The van der Waals surface area contributed by atoms with Gasteiger partial charge in [-0.05, 0) is 0 Å². The Hall–Kier alpha value is -4.95. The first kappa shape index (κ1) is 55.3. The molecule has 2 heterocycles. The second-order valence-electron chi connectivity index (χ2n) is 26.7. The van der Waals surface area contributed by atoms with Crippen molar-refractivity contribution in [2.24, 2.45) is 3.95 Å². The number of hydrogen-bond donors (Lipinski definition) is 0. The molecule has 6 aromatic rings. The molecule has 0 bridgehead atoms. The molecule has 8 rings (SSSR count). The summed E-state index contributed by atoms with van der Waals surface area (Å²) in [6.45, 7) is 57.6. The Kier molecular flexibility index (Phi) is 13.9. The van der Waals surface area contributed by atoms with Gasteiger partial charge in [0.05, 0.1) is 0 Å². The van der Waals surface area contributed by atoms with Gasteiger partial charge in [0.15, 0.2) is 0 Å². The van der Waals surface area contributed by atoms with Gasteiger partial charge < -0.3 is 0 Å². The molecule has 0 N–H and O–H groups in total. The monoisotopic (exact) mass is 1100 g/mol. The van der Waals surface area contributed by atoms with E-state index in [1.807, 2.05) is 0 Å². The third kappa shape index (κ3) is 8.27. The Morgan fingerprint density at radius 3 is 0.946 bits per heavy atom. The Morgan fingerprint density at radius 1 is 0.365 bits per heavy atom. The van der Waals surface area contributed by atoms with E-state index in [0.717, 1.165) is 5.57 Å². The Balaban J connectivity index is 1.93. The predicted molar refractivity (Wildman–Crippen MR) is 327 cm³/mol. The van der Waals surface area contributed by atoms with Gasteiger partial charge >= 0.3 is 457 Å². The van der Waals surface area contributed by atoms with Crippen LogP contribution in [-0.2, 0) is 21.7 Å². The van der Waals surface area contributed by atoms with Gasteiger partial charge in [-0.1, -0.05) is 0 Å². The molecule has 2 aliphatic rings. The van der Waals surface area contributed by atoms with Gasteiger partial charge in [-0.25, -0.2) is 0 Å². The summed E-state index contributed by atoms with van der Waals surface area (Å²) in [5.74, 6) is 0. The van der Waals surface area contributed by atoms with Crippen molar-refractivity contribution in [1.82, 2.24) is 0 Å². The molecule has 0 saturated carbocycles. The number of nitrogens with zero attached hydrogens (tertiary/aromatic N) is 2. The number of rotatable bonds is 6. The van der Waals surface area contributed by atoms with Crippen LogP contribution >= 0.6 is 0 Å². The van der Waals surface area contributed by atoms with Crippen molar-refractivity contribution in [2.45, 2.75) is 188 Å². The number of aryl methyl sites for hydroxylation is 4. The molecule has 384 valence electrons. The molecule has 2 nitrogen and oxygen atoms in total. The van der Waals surface area contributed by atoms with Crippen LogP contribution in [0.25, 0.3) is 8.81 Å². The van der Waals surface area contributed by atoms with E-state index in [0.29, 0.717) is 5.71 Å². The van der Waals surface area contributed by atoms with Gasteiger partial charge in [-0.2, -0.15) is 0 Å². The van der Waals surface area contributed by atoms with Crippen molar-refractivity contribution in [2.75, 3.05) is 0 Å². The zero-order valence-electron chi connectivity index (χ0n) is 50.0. The summed E-state index contributed by atoms with van der Waals surface area (Å²) in [4.78, 5) is 0. The molecule has 0 spiro atoms. The number of benzene rings is 6. The van der Waals surface area contributed by atoms with Gasteiger partial charge in [-0.3, -0.25) is 0 Å². The Labute approximate surface area is 453 Å². The molecule has 0 aliphatic carbocycles. The van der Waals surface area contributed by atoms with Crippen molar-refractivity contribution in [3.63, 3.8) is 0 Å². The molecule has 0 amide bonds. The van der Waals surface area contributed by atoms with Crippen molar-refractivity contribution < 1.29 is 0 Å². The fourth-order valence-electron chi connectivity index (χ4n) is 13.3. The summed E-state index contributed by atoms with van der Waals surface area (Å²) in [7, 11) is 0. The quantitative estimate of drug-likeness (QED) is 0.153. The van der Waals surface area contributed by atoms with Crippen LogP contribution in [-0.4, -0.2) is 32.5 Å². The summed E-state index contributed by atoms with van der Waals surface area (Å²) >= 11 is -9.43. The maximum atomic E-state index is 12.5. The average Bonchev–Trinajstić information content (AvgIpc) is 3.31. The molecular weight excluding hydrogens is 1010 g/mol. The van der Waals surface area contributed by atoms with Crippen LogP contribution < -0.4 is 17.6 Å². The van der Waals surface area contributed by atoms with E-state index in [-0.39, 0.29) is 21.7 Å². The molecule has 4 heteroatoms. The van der Waals surface area contributed by atoms with Gasteiger partial charge in [0.1, 0.15) is 0 Å². The first-order valence-corrected chi connectivity index (χ1v) is 35.6. The first-order valence-electron chi connectivity index (χ1n) is 27.3. The molecule has 6 aromatic carbocycles. The molecule has 0 aromatic heterocycles. The number of fused-ring (bicyclic) bond motifs is 1. The summed E-state index contributed by atoms with van der Waals surface area (Å²) in [6, 6.07) is 36.2. The molecule has 0 saturated heterocycles. The average molecular weight is 1100 g/mol. The van der Waals surface area contributed by atoms with E-state index in [2.05, 4.69) is 257 Å². The summed E-state index contributed by atoms with van der Waals surface area (Å²) in [5.41, 5.74) is 24.9. The van der Waals surface area contributed by atoms with Crippen molar-refractivity contribution in [3.8, 4) is 6.07 Å². The molecule has 0 unspecified atom stereocenters. The van der Waals surface area contributed by atoms with Crippen LogP contribution in [0, 0.1) is 94.4 Å². The number of allylic oxidation sites excluding steroid dienone is 2. The summed E-state index contributed by atoms with van der Waals surface area (Å²) in [6.07, 6.45) is 0. The van der Waals surface area contributed by atoms with Crippen LogP contribution in [0.5, 0.6) is 0 Å². The normalized spacial score (nSPS) is 15.7. The zero-order chi connectivity index (χ0) is 54.9. The standard InChI is InChI=1S/C70H86Ge2N2/c1-40-35-54(67(13,14)15)60(48(9)44(40)5)71(61-49(10)45(6)41(2)36-55(61)68(16,17)18)64(52-31-27-25-28-32-52)59-58(39-73)74-72(65(66(59)71)53-33-29-26-30-34-53,62-50(11)46(7)42(3)37-56(62)69(19,20)21)63-51(12)47(8)43(4)38-57(63)70(22,23)24/h25-38H,1-24H3. The number of hydrogen-bond acceptors (Lipinski definition) is 2. The second kappa shape index (κ2) is 18.7. The van der Waals surface area contributed by atoms with E-state index < -0.39 is 26.8 Å². The van der Waals surface area contributed by atoms with E-state index in [4.69, 9.17) is 3.95 Å². The van der Waals surface area contributed by atoms with Crippen LogP contribution in [0.1, 0.15) is 183 Å².